The van der Waals surface area contributed by atoms with Crippen molar-refractivity contribution >= 4 is 28.5 Å². The van der Waals surface area contributed by atoms with Gasteiger partial charge in [-0.05, 0) is 0 Å². The summed E-state index contributed by atoms with van der Waals surface area (Å²) < 4.78 is 1.97. The second-order valence-electron chi connectivity index (χ2n) is 4.28. The molecule has 0 aliphatic heterocycles. The molecular weight excluding hydrogens is 268 g/mol. The Balaban J connectivity index is 1.89. The molecule has 3 N–H and O–H groups in total. The predicted molar refractivity (Wildman–Crippen MR) is 78.2 cm³/mol. The molecule has 8 nitrogen and oxygen atoms in total. The number of anilines is 2. The number of rotatable bonds is 4. The molecule has 0 amide bonds. The van der Waals surface area contributed by atoms with E-state index >= 15 is 0 Å². The van der Waals surface area contributed by atoms with Crippen LogP contribution in [0.15, 0.2) is 31.0 Å². The summed E-state index contributed by atoms with van der Waals surface area (Å²) >= 11 is 0. The van der Waals surface area contributed by atoms with Gasteiger partial charge in [0.05, 0.1) is 24.2 Å². The van der Waals surface area contributed by atoms with Crippen molar-refractivity contribution in [3.8, 4) is 0 Å². The molecule has 0 atom stereocenters. The Kier molecular flexibility index (Phi) is 3.41. The van der Waals surface area contributed by atoms with Gasteiger partial charge in [-0.2, -0.15) is 0 Å². The number of pyridine rings is 1. The summed E-state index contributed by atoms with van der Waals surface area (Å²) in [6, 6.07) is 1.88. The third-order valence-electron chi connectivity index (χ3n) is 2.89. The number of imidazole rings is 1. The average Bonchev–Trinajstić information content (AvgIpc) is 2.91. The highest BCUT2D eigenvalue weighted by molar-refractivity contribution is 5.78. The predicted octanol–water partition coefficient (Wildman–Crippen LogP) is 1.47. The highest BCUT2D eigenvalue weighted by atomic mass is 15.1. The van der Waals surface area contributed by atoms with Crippen LogP contribution in [0.4, 0.5) is 17.5 Å². The van der Waals surface area contributed by atoms with Crippen molar-refractivity contribution in [1.29, 1.82) is 0 Å². The van der Waals surface area contributed by atoms with E-state index in [4.69, 9.17) is 12.3 Å². The lowest BCUT2D eigenvalue weighted by Gasteiger charge is -2.05. The van der Waals surface area contributed by atoms with E-state index in [0.29, 0.717) is 24.7 Å². The van der Waals surface area contributed by atoms with E-state index in [2.05, 4.69) is 30.1 Å². The first-order valence-corrected chi connectivity index (χ1v) is 6.27. The fourth-order valence-electron chi connectivity index (χ4n) is 1.92. The van der Waals surface area contributed by atoms with Crippen molar-refractivity contribution in [3.05, 3.63) is 42.4 Å². The summed E-state index contributed by atoms with van der Waals surface area (Å²) in [6.07, 6.45) is 6.34. The summed E-state index contributed by atoms with van der Waals surface area (Å²) in [6.45, 7) is 8.08. The quantitative estimate of drug-likeness (QED) is 0.702. The van der Waals surface area contributed by atoms with Gasteiger partial charge in [0.25, 0.3) is 5.82 Å². The van der Waals surface area contributed by atoms with Crippen LogP contribution in [-0.2, 0) is 6.54 Å². The molecule has 3 aromatic heterocycles. The summed E-state index contributed by atoms with van der Waals surface area (Å²) in [4.78, 5) is 19.8. The van der Waals surface area contributed by atoms with Crippen LogP contribution < -0.4 is 11.1 Å². The second kappa shape index (κ2) is 5.52. The highest BCUT2D eigenvalue weighted by Gasteiger charge is 2.06. The van der Waals surface area contributed by atoms with Gasteiger partial charge in [-0.15, -0.1) is 4.98 Å². The molecule has 3 heterocycles. The molecular formula is C13H12N8. The number of aromatic nitrogens is 5. The van der Waals surface area contributed by atoms with E-state index in [1.54, 1.807) is 12.5 Å². The molecule has 21 heavy (non-hydrogen) atoms. The first-order chi connectivity index (χ1) is 10.3. The van der Waals surface area contributed by atoms with Crippen LogP contribution in [0.25, 0.3) is 15.9 Å². The van der Waals surface area contributed by atoms with Crippen LogP contribution in [0.5, 0.6) is 0 Å². The number of hydrogen-bond acceptors (Lipinski definition) is 6. The van der Waals surface area contributed by atoms with E-state index in [1.807, 2.05) is 10.6 Å². The van der Waals surface area contributed by atoms with Gasteiger partial charge >= 0.3 is 0 Å². The summed E-state index contributed by atoms with van der Waals surface area (Å²) in [7, 11) is 0. The summed E-state index contributed by atoms with van der Waals surface area (Å²) in [5, 5.41) is 3.05. The molecule has 0 fully saturated rings. The van der Waals surface area contributed by atoms with Gasteiger partial charge in [0.2, 0.25) is 0 Å². The largest absolute Gasteiger partial charge is 0.359 e. The van der Waals surface area contributed by atoms with Gasteiger partial charge in [-0.1, -0.05) is 6.57 Å². The van der Waals surface area contributed by atoms with Crippen LogP contribution in [0, 0.1) is 6.57 Å². The second-order valence-corrected chi connectivity index (χ2v) is 4.28. The van der Waals surface area contributed by atoms with Crippen molar-refractivity contribution in [2.75, 3.05) is 11.9 Å². The normalized spacial score (nSPS) is 10.5. The number of nitrogens with zero attached hydrogens (tertiary/aromatic N) is 6. The standard InChI is InChI=1S/C13H12N8/c1-15-12-6-18-13(7-17-12)20-11-4-10-9(5-16-11)19-8-21(10)3-2-14/h4-8H,2-3,14H2,(H,16,18,20). The molecule has 0 radical (unpaired) electrons. The zero-order valence-corrected chi connectivity index (χ0v) is 11.1. The Morgan fingerprint density at radius 2 is 2.00 bits per heavy atom. The fourth-order valence-corrected chi connectivity index (χ4v) is 1.92. The van der Waals surface area contributed by atoms with Crippen LogP contribution in [0.2, 0.25) is 0 Å². The Hall–Kier alpha value is -3.05. The van der Waals surface area contributed by atoms with Crippen molar-refractivity contribution in [2.24, 2.45) is 5.73 Å². The molecule has 0 aliphatic rings. The van der Waals surface area contributed by atoms with Gasteiger partial charge < -0.3 is 20.5 Å². The van der Waals surface area contributed by atoms with Crippen LogP contribution in [0.3, 0.4) is 0 Å². The minimum atomic E-state index is 0.255. The Morgan fingerprint density at radius 1 is 1.14 bits per heavy atom. The first-order valence-electron chi connectivity index (χ1n) is 6.27. The number of fused-ring (bicyclic) bond motifs is 1. The van der Waals surface area contributed by atoms with E-state index < -0.39 is 0 Å². The molecule has 0 aromatic carbocycles. The minimum Gasteiger partial charge on any atom is -0.359 e. The minimum absolute atomic E-state index is 0.255. The first kappa shape index (κ1) is 13.0. The van der Waals surface area contributed by atoms with Crippen LogP contribution >= 0.6 is 0 Å². The van der Waals surface area contributed by atoms with Crippen molar-refractivity contribution < 1.29 is 0 Å². The lowest BCUT2D eigenvalue weighted by molar-refractivity contribution is 0.728. The summed E-state index contributed by atoms with van der Waals surface area (Å²) in [5.41, 5.74) is 7.33. The van der Waals surface area contributed by atoms with Gasteiger partial charge in [-0.25, -0.2) is 15.0 Å². The van der Waals surface area contributed by atoms with Crippen LogP contribution in [0.1, 0.15) is 0 Å². The van der Waals surface area contributed by atoms with E-state index in [9.17, 15) is 0 Å². The molecule has 0 saturated carbocycles. The topological polar surface area (TPSA) is 98.9 Å². The molecule has 8 heteroatoms. The number of nitrogens with one attached hydrogen (secondary N) is 1. The maximum Gasteiger partial charge on any atom is 0.288 e. The van der Waals surface area contributed by atoms with Gasteiger partial charge in [-0.3, -0.25) is 0 Å². The molecule has 3 rings (SSSR count). The van der Waals surface area contributed by atoms with Crippen molar-refractivity contribution in [2.45, 2.75) is 6.54 Å². The van der Waals surface area contributed by atoms with Gasteiger partial charge in [0.15, 0.2) is 12.0 Å². The Morgan fingerprint density at radius 3 is 2.71 bits per heavy atom. The van der Waals surface area contributed by atoms with E-state index in [0.717, 1.165) is 11.0 Å². The smallest absolute Gasteiger partial charge is 0.288 e. The Labute approximate surface area is 120 Å². The number of nitrogens with two attached hydrogens (primary N) is 1. The third-order valence-corrected chi connectivity index (χ3v) is 2.89. The number of hydrogen-bond donors (Lipinski definition) is 2. The third kappa shape index (κ3) is 2.63. The van der Waals surface area contributed by atoms with Gasteiger partial charge in [0, 0.05) is 19.2 Å². The van der Waals surface area contributed by atoms with Crippen molar-refractivity contribution in [3.63, 3.8) is 0 Å². The maximum absolute atomic E-state index is 6.84. The highest BCUT2D eigenvalue weighted by Crippen LogP contribution is 2.18. The monoisotopic (exact) mass is 280 g/mol. The molecule has 0 saturated heterocycles. The lowest BCUT2D eigenvalue weighted by Crippen LogP contribution is -2.08. The van der Waals surface area contributed by atoms with Crippen molar-refractivity contribution in [1.82, 2.24) is 24.5 Å². The van der Waals surface area contributed by atoms with E-state index in [1.165, 1.54) is 12.4 Å². The molecule has 0 bridgehead atoms. The fraction of sp³-hybridized carbons (Fsp3) is 0.154. The lowest BCUT2D eigenvalue weighted by atomic mass is 10.3. The maximum atomic E-state index is 6.84. The Bertz CT molecular complexity index is 799. The van der Waals surface area contributed by atoms with Gasteiger partial charge in [0.1, 0.15) is 11.3 Å². The molecule has 3 aromatic rings. The molecule has 0 aliphatic carbocycles. The summed E-state index contributed by atoms with van der Waals surface area (Å²) in [5.74, 6) is 1.41. The van der Waals surface area contributed by atoms with Crippen LogP contribution in [-0.4, -0.2) is 31.0 Å². The molecule has 0 spiro atoms. The average molecular weight is 280 g/mol. The zero-order chi connectivity index (χ0) is 14.7. The van der Waals surface area contributed by atoms with E-state index in [-0.39, 0.29) is 5.82 Å². The zero-order valence-electron chi connectivity index (χ0n) is 11.1. The SMILES string of the molecule is [C-]#[N+]c1cnc(Nc2cc3c(cn2)ncn3CCN)cn1. The molecule has 104 valence electrons. The molecule has 0 unspecified atom stereocenters.